The van der Waals surface area contributed by atoms with Crippen LogP contribution in [0, 0.1) is 12.7 Å². The second kappa shape index (κ2) is 8.89. The quantitative estimate of drug-likeness (QED) is 0.402. The normalized spacial score (nSPS) is 11.2. The molecular formula is C23H18FN3O3S2. The molecule has 1 heterocycles. The Labute approximate surface area is 188 Å². The molecule has 0 radical (unpaired) electrons. The Morgan fingerprint density at radius 1 is 0.938 bits per heavy atom. The molecular weight excluding hydrogens is 449 g/mol. The molecule has 4 aromatic rings. The van der Waals surface area contributed by atoms with Gasteiger partial charge in [0.2, 0.25) is 0 Å². The molecule has 0 aliphatic rings. The molecule has 162 valence electrons. The largest absolute Gasteiger partial charge is 0.298 e. The molecule has 0 saturated carbocycles. The molecule has 1 aromatic heterocycles. The fraction of sp³-hybridized carbons (Fsp3) is 0.0435. The number of carbonyl (C=O) groups excluding carboxylic acids is 1. The van der Waals surface area contributed by atoms with E-state index < -0.39 is 10.0 Å². The van der Waals surface area contributed by atoms with Gasteiger partial charge in [0.25, 0.3) is 15.9 Å². The molecule has 0 aliphatic carbocycles. The van der Waals surface area contributed by atoms with Crippen LogP contribution in [0.5, 0.6) is 0 Å². The van der Waals surface area contributed by atoms with Gasteiger partial charge >= 0.3 is 0 Å². The minimum absolute atomic E-state index is 0.158. The molecule has 32 heavy (non-hydrogen) atoms. The van der Waals surface area contributed by atoms with Crippen molar-refractivity contribution in [3.8, 4) is 11.3 Å². The summed E-state index contributed by atoms with van der Waals surface area (Å²) in [6.07, 6.45) is 0. The zero-order valence-electron chi connectivity index (χ0n) is 16.9. The second-order valence-corrected chi connectivity index (χ2v) is 9.54. The van der Waals surface area contributed by atoms with Crippen molar-refractivity contribution in [3.63, 3.8) is 0 Å². The summed E-state index contributed by atoms with van der Waals surface area (Å²) in [6, 6.07) is 18.5. The Balaban J connectivity index is 1.42. The maximum absolute atomic E-state index is 13.1. The maximum atomic E-state index is 13.1. The van der Waals surface area contributed by atoms with E-state index in [0.29, 0.717) is 22.1 Å². The molecule has 0 fully saturated rings. The first-order valence-corrected chi connectivity index (χ1v) is 11.9. The van der Waals surface area contributed by atoms with Crippen LogP contribution in [0.2, 0.25) is 0 Å². The molecule has 2 N–H and O–H groups in total. The van der Waals surface area contributed by atoms with Gasteiger partial charge in [0.15, 0.2) is 5.13 Å². The second-order valence-electron chi connectivity index (χ2n) is 6.99. The zero-order chi connectivity index (χ0) is 22.7. The van der Waals surface area contributed by atoms with E-state index in [2.05, 4.69) is 15.0 Å². The summed E-state index contributed by atoms with van der Waals surface area (Å²) in [5.74, 6) is -0.708. The Bertz CT molecular complexity index is 1350. The fourth-order valence-corrected chi connectivity index (χ4v) is 4.65. The molecule has 0 atom stereocenters. The molecule has 0 bridgehead atoms. The molecule has 0 spiro atoms. The topological polar surface area (TPSA) is 88.2 Å². The zero-order valence-corrected chi connectivity index (χ0v) is 18.5. The summed E-state index contributed by atoms with van der Waals surface area (Å²) in [4.78, 5) is 17.0. The average Bonchev–Trinajstić information content (AvgIpc) is 3.23. The Morgan fingerprint density at radius 2 is 1.59 bits per heavy atom. The van der Waals surface area contributed by atoms with Crippen molar-refractivity contribution in [2.45, 2.75) is 11.8 Å². The van der Waals surface area contributed by atoms with E-state index >= 15 is 0 Å². The number of nitrogens with one attached hydrogen (secondary N) is 2. The van der Waals surface area contributed by atoms with Crippen molar-refractivity contribution in [2.75, 3.05) is 10.0 Å². The number of hydrogen-bond donors (Lipinski definition) is 2. The van der Waals surface area contributed by atoms with Gasteiger partial charge in [-0.2, -0.15) is 0 Å². The van der Waals surface area contributed by atoms with Crippen LogP contribution in [0.4, 0.5) is 15.2 Å². The molecule has 4 rings (SSSR count). The van der Waals surface area contributed by atoms with E-state index in [1.54, 1.807) is 29.6 Å². The lowest BCUT2D eigenvalue weighted by molar-refractivity contribution is 0.102. The number of hydrogen-bond acceptors (Lipinski definition) is 5. The van der Waals surface area contributed by atoms with Gasteiger partial charge in [-0.15, -0.1) is 11.3 Å². The predicted octanol–water partition coefficient (Wildman–Crippen LogP) is 5.31. The Kier molecular flexibility index (Phi) is 6.02. The maximum Gasteiger partial charge on any atom is 0.261 e. The number of halogens is 1. The number of rotatable bonds is 6. The third-order valence-electron chi connectivity index (χ3n) is 4.60. The number of anilines is 2. The minimum atomic E-state index is -3.72. The molecule has 0 aliphatic heterocycles. The third kappa shape index (κ3) is 5.01. The van der Waals surface area contributed by atoms with Crippen LogP contribution in [0.25, 0.3) is 11.3 Å². The number of thiazole rings is 1. The predicted molar refractivity (Wildman–Crippen MR) is 124 cm³/mol. The Hall–Kier alpha value is -3.56. The Morgan fingerprint density at radius 3 is 2.25 bits per heavy atom. The van der Waals surface area contributed by atoms with Gasteiger partial charge in [0.1, 0.15) is 5.82 Å². The van der Waals surface area contributed by atoms with Gasteiger partial charge in [-0.05, 0) is 67.6 Å². The minimum Gasteiger partial charge on any atom is -0.298 e. The van der Waals surface area contributed by atoms with Crippen LogP contribution in [-0.4, -0.2) is 19.3 Å². The van der Waals surface area contributed by atoms with Crippen LogP contribution in [-0.2, 0) is 10.0 Å². The lowest BCUT2D eigenvalue weighted by atomic mass is 10.2. The van der Waals surface area contributed by atoms with Crippen LogP contribution in [0.1, 0.15) is 15.9 Å². The first kappa shape index (κ1) is 21.7. The molecule has 9 heteroatoms. The van der Waals surface area contributed by atoms with Crippen molar-refractivity contribution >= 4 is 38.1 Å². The first-order chi connectivity index (χ1) is 15.3. The summed E-state index contributed by atoms with van der Waals surface area (Å²) in [6.45, 7) is 1.88. The highest BCUT2D eigenvalue weighted by molar-refractivity contribution is 7.92. The molecule has 0 saturated heterocycles. The van der Waals surface area contributed by atoms with Gasteiger partial charge in [0.05, 0.1) is 10.6 Å². The SMILES string of the molecule is Cc1ccc(S(=O)(=O)Nc2ccc(C(=O)Nc3nc(-c4ccc(F)cc4)cs3)cc2)cc1. The van der Waals surface area contributed by atoms with Crippen molar-refractivity contribution in [3.05, 3.63) is 95.1 Å². The van der Waals surface area contributed by atoms with Gasteiger partial charge in [0, 0.05) is 22.2 Å². The van der Waals surface area contributed by atoms with Gasteiger partial charge < -0.3 is 0 Å². The van der Waals surface area contributed by atoms with Crippen molar-refractivity contribution in [1.29, 1.82) is 0 Å². The number of carbonyl (C=O) groups is 1. The lowest BCUT2D eigenvalue weighted by Crippen LogP contribution is -2.14. The summed E-state index contributed by atoms with van der Waals surface area (Å²) in [7, 11) is -3.72. The standard InChI is InChI=1S/C23H18FN3O3S2/c1-15-2-12-20(13-3-15)32(29,30)27-19-10-6-17(7-11-19)22(28)26-23-25-21(14-31-23)16-4-8-18(24)9-5-16/h2-14,27H,1H3,(H,25,26,28). The highest BCUT2D eigenvalue weighted by Gasteiger charge is 2.15. The first-order valence-electron chi connectivity index (χ1n) is 9.52. The molecule has 1 amide bonds. The summed E-state index contributed by atoms with van der Waals surface area (Å²) in [5.41, 5.74) is 3.03. The van der Waals surface area contributed by atoms with Gasteiger partial charge in [-0.25, -0.2) is 17.8 Å². The number of amides is 1. The lowest BCUT2D eigenvalue weighted by Gasteiger charge is -2.09. The van der Waals surface area contributed by atoms with E-state index in [9.17, 15) is 17.6 Å². The van der Waals surface area contributed by atoms with Crippen LogP contribution in [0.15, 0.2) is 83.1 Å². The van der Waals surface area contributed by atoms with E-state index in [1.165, 1.54) is 59.9 Å². The number of sulfonamides is 1. The number of aromatic nitrogens is 1. The summed E-state index contributed by atoms with van der Waals surface area (Å²) in [5, 5.41) is 4.89. The number of aryl methyl sites for hydroxylation is 1. The van der Waals surface area contributed by atoms with E-state index in [4.69, 9.17) is 0 Å². The van der Waals surface area contributed by atoms with E-state index in [-0.39, 0.29) is 16.6 Å². The number of benzene rings is 3. The smallest absolute Gasteiger partial charge is 0.261 e. The van der Waals surface area contributed by atoms with Crippen molar-refractivity contribution < 1.29 is 17.6 Å². The van der Waals surface area contributed by atoms with E-state index in [1.807, 2.05) is 6.92 Å². The van der Waals surface area contributed by atoms with Gasteiger partial charge in [-0.3, -0.25) is 14.8 Å². The molecule has 0 unspecified atom stereocenters. The molecule has 3 aromatic carbocycles. The third-order valence-corrected chi connectivity index (χ3v) is 6.75. The number of nitrogens with zero attached hydrogens (tertiary/aromatic N) is 1. The highest BCUT2D eigenvalue weighted by Crippen LogP contribution is 2.25. The highest BCUT2D eigenvalue weighted by atomic mass is 32.2. The monoisotopic (exact) mass is 467 g/mol. The van der Waals surface area contributed by atoms with Crippen LogP contribution < -0.4 is 10.0 Å². The van der Waals surface area contributed by atoms with E-state index in [0.717, 1.165) is 11.1 Å². The van der Waals surface area contributed by atoms with Crippen LogP contribution >= 0.6 is 11.3 Å². The molecule has 6 nitrogen and oxygen atoms in total. The van der Waals surface area contributed by atoms with Gasteiger partial charge in [-0.1, -0.05) is 17.7 Å². The average molecular weight is 468 g/mol. The summed E-state index contributed by atoms with van der Waals surface area (Å²) < 4.78 is 40.6. The summed E-state index contributed by atoms with van der Waals surface area (Å²) >= 11 is 1.25. The van der Waals surface area contributed by atoms with Crippen molar-refractivity contribution in [1.82, 2.24) is 4.98 Å². The van der Waals surface area contributed by atoms with Crippen molar-refractivity contribution in [2.24, 2.45) is 0 Å². The van der Waals surface area contributed by atoms with Crippen LogP contribution in [0.3, 0.4) is 0 Å². The fourth-order valence-electron chi connectivity index (χ4n) is 2.87.